The Balaban J connectivity index is 2.09. The lowest BCUT2D eigenvalue weighted by molar-refractivity contribution is -0.385. The van der Waals surface area contributed by atoms with Crippen LogP contribution in [0.3, 0.4) is 0 Å². The van der Waals surface area contributed by atoms with Gasteiger partial charge in [-0.2, -0.15) is 0 Å². The van der Waals surface area contributed by atoms with Crippen LogP contribution < -0.4 is 10.1 Å². The average molecular weight is 344 g/mol. The predicted octanol–water partition coefficient (Wildman–Crippen LogP) is 3.68. The molecule has 3 atom stereocenters. The van der Waals surface area contributed by atoms with Gasteiger partial charge < -0.3 is 15.2 Å². The molecule has 2 N–H and O–H groups in total. The number of nitrogens with zero attached hydrogens (tertiary/aromatic N) is 1. The lowest BCUT2D eigenvalue weighted by Crippen LogP contribution is -2.34. The molecule has 25 heavy (non-hydrogen) atoms. The summed E-state index contributed by atoms with van der Waals surface area (Å²) in [5.41, 5.74) is 2.33. The topological polar surface area (TPSA) is 84.6 Å². The van der Waals surface area contributed by atoms with E-state index in [2.05, 4.69) is 5.32 Å². The first kappa shape index (κ1) is 18.9. The summed E-state index contributed by atoms with van der Waals surface area (Å²) in [5, 5.41) is 24.9. The summed E-state index contributed by atoms with van der Waals surface area (Å²) < 4.78 is 5.12. The molecule has 2 rings (SSSR count). The first-order valence-electron chi connectivity index (χ1n) is 8.16. The van der Waals surface area contributed by atoms with Gasteiger partial charge in [-0.05, 0) is 44.0 Å². The predicted molar refractivity (Wildman–Crippen MR) is 96.8 cm³/mol. The van der Waals surface area contributed by atoms with E-state index in [0.717, 1.165) is 16.9 Å². The van der Waals surface area contributed by atoms with Crippen molar-refractivity contribution in [3.8, 4) is 5.75 Å². The highest BCUT2D eigenvalue weighted by Gasteiger charge is 2.20. The van der Waals surface area contributed by atoms with Gasteiger partial charge >= 0.3 is 0 Å². The number of aliphatic hydroxyl groups excluding tert-OH is 1. The number of nitrogens with one attached hydrogen (secondary N) is 1. The molecular formula is C19H24N2O4. The molecule has 0 saturated heterocycles. The molecule has 6 nitrogen and oxygen atoms in total. The normalized spacial score (nSPS) is 14.6. The molecule has 0 fully saturated rings. The monoisotopic (exact) mass is 344 g/mol. The van der Waals surface area contributed by atoms with E-state index in [1.54, 1.807) is 38.3 Å². The second kappa shape index (κ2) is 8.09. The van der Waals surface area contributed by atoms with Crippen LogP contribution in [0.25, 0.3) is 0 Å². The number of nitro groups is 1. The molecule has 0 amide bonds. The minimum absolute atomic E-state index is 0.106. The quantitative estimate of drug-likeness (QED) is 0.591. The van der Waals surface area contributed by atoms with Gasteiger partial charge in [0.2, 0.25) is 0 Å². The molecule has 0 aromatic heterocycles. The SMILES string of the molecule is COc1ccc(C(O)C(C)NC(C)c2ccc(C)c([N+](=O)[O-])c2)cc1. The van der Waals surface area contributed by atoms with Crippen molar-refractivity contribution in [2.75, 3.05) is 7.11 Å². The molecule has 0 bridgehead atoms. The maximum atomic E-state index is 11.1. The molecule has 0 aliphatic carbocycles. The summed E-state index contributed by atoms with van der Waals surface area (Å²) in [4.78, 5) is 10.7. The number of ether oxygens (including phenoxy) is 1. The largest absolute Gasteiger partial charge is 0.497 e. The molecule has 0 saturated carbocycles. The van der Waals surface area contributed by atoms with Gasteiger partial charge in [0.15, 0.2) is 0 Å². The van der Waals surface area contributed by atoms with Crippen molar-refractivity contribution in [2.45, 2.75) is 39.0 Å². The number of hydrogen-bond acceptors (Lipinski definition) is 5. The Morgan fingerprint density at radius 2 is 1.72 bits per heavy atom. The summed E-state index contributed by atoms with van der Waals surface area (Å²) in [7, 11) is 1.60. The Bertz CT molecular complexity index is 731. The third-order valence-electron chi connectivity index (χ3n) is 4.37. The molecule has 0 aliphatic heterocycles. The van der Waals surface area contributed by atoms with Gasteiger partial charge in [0.05, 0.1) is 18.1 Å². The smallest absolute Gasteiger partial charge is 0.272 e. The van der Waals surface area contributed by atoms with Crippen molar-refractivity contribution in [1.82, 2.24) is 5.32 Å². The number of methoxy groups -OCH3 is 1. The first-order valence-corrected chi connectivity index (χ1v) is 8.16. The molecule has 3 unspecified atom stereocenters. The molecule has 134 valence electrons. The summed E-state index contributed by atoms with van der Waals surface area (Å²) in [6, 6.07) is 12.1. The van der Waals surface area contributed by atoms with Crippen molar-refractivity contribution in [2.24, 2.45) is 0 Å². The number of aliphatic hydroxyl groups is 1. The van der Waals surface area contributed by atoms with Gasteiger partial charge in [-0.3, -0.25) is 10.1 Å². The lowest BCUT2D eigenvalue weighted by Gasteiger charge is -2.25. The first-order chi connectivity index (χ1) is 11.8. The van der Waals surface area contributed by atoms with Gasteiger partial charge in [0.1, 0.15) is 5.75 Å². The minimum Gasteiger partial charge on any atom is -0.497 e. The van der Waals surface area contributed by atoms with E-state index >= 15 is 0 Å². The third kappa shape index (κ3) is 4.55. The molecule has 0 heterocycles. The third-order valence-corrected chi connectivity index (χ3v) is 4.37. The van der Waals surface area contributed by atoms with Crippen molar-refractivity contribution in [3.05, 3.63) is 69.3 Å². The van der Waals surface area contributed by atoms with E-state index in [9.17, 15) is 15.2 Å². The van der Waals surface area contributed by atoms with Crippen LogP contribution in [-0.4, -0.2) is 23.2 Å². The van der Waals surface area contributed by atoms with Gasteiger partial charge in [0, 0.05) is 23.7 Å². The van der Waals surface area contributed by atoms with Crippen LogP contribution in [0, 0.1) is 17.0 Å². The summed E-state index contributed by atoms with van der Waals surface area (Å²) in [6.45, 7) is 5.52. The highest BCUT2D eigenvalue weighted by atomic mass is 16.6. The highest BCUT2D eigenvalue weighted by Crippen LogP contribution is 2.25. The van der Waals surface area contributed by atoms with Crippen molar-refractivity contribution < 1.29 is 14.8 Å². The van der Waals surface area contributed by atoms with Gasteiger partial charge in [0.25, 0.3) is 5.69 Å². The number of aryl methyl sites for hydroxylation is 1. The number of nitro benzene ring substituents is 1. The van der Waals surface area contributed by atoms with Gasteiger partial charge in [-0.25, -0.2) is 0 Å². The summed E-state index contributed by atoms with van der Waals surface area (Å²) in [6.07, 6.45) is -0.700. The Kier molecular flexibility index (Phi) is 6.12. The second-order valence-corrected chi connectivity index (χ2v) is 6.20. The maximum absolute atomic E-state index is 11.1. The fourth-order valence-corrected chi connectivity index (χ4v) is 2.76. The zero-order chi connectivity index (χ0) is 18.6. The van der Waals surface area contributed by atoms with Gasteiger partial charge in [-0.15, -0.1) is 0 Å². The number of hydrogen-bond donors (Lipinski definition) is 2. The van der Waals surface area contributed by atoms with E-state index in [4.69, 9.17) is 4.74 Å². The van der Waals surface area contributed by atoms with Crippen molar-refractivity contribution in [1.29, 1.82) is 0 Å². The van der Waals surface area contributed by atoms with Crippen LogP contribution in [0.1, 0.15) is 42.7 Å². The van der Waals surface area contributed by atoms with Crippen LogP contribution in [0.15, 0.2) is 42.5 Å². The van der Waals surface area contributed by atoms with E-state index in [-0.39, 0.29) is 22.7 Å². The molecule has 0 aliphatic rings. The van der Waals surface area contributed by atoms with E-state index < -0.39 is 6.10 Å². The van der Waals surface area contributed by atoms with Crippen LogP contribution in [0.5, 0.6) is 5.75 Å². The van der Waals surface area contributed by atoms with Crippen LogP contribution in [0.2, 0.25) is 0 Å². The van der Waals surface area contributed by atoms with Crippen molar-refractivity contribution >= 4 is 5.69 Å². The summed E-state index contributed by atoms with van der Waals surface area (Å²) >= 11 is 0. The van der Waals surface area contributed by atoms with Gasteiger partial charge in [-0.1, -0.05) is 24.3 Å². The maximum Gasteiger partial charge on any atom is 0.272 e. The van der Waals surface area contributed by atoms with Crippen LogP contribution >= 0.6 is 0 Å². The Labute approximate surface area is 147 Å². The molecule has 6 heteroatoms. The highest BCUT2D eigenvalue weighted by molar-refractivity contribution is 5.43. The zero-order valence-electron chi connectivity index (χ0n) is 14.9. The lowest BCUT2D eigenvalue weighted by atomic mass is 10.00. The van der Waals surface area contributed by atoms with E-state index in [1.165, 1.54) is 0 Å². The Morgan fingerprint density at radius 1 is 1.12 bits per heavy atom. The fourth-order valence-electron chi connectivity index (χ4n) is 2.76. The average Bonchev–Trinajstić information content (AvgIpc) is 2.61. The molecular weight excluding hydrogens is 320 g/mol. The Hall–Kier alpha value is -2.44. The second-order valence-electron chi connectivity index (χ2n) is 6.20. The minimum atomic E-state index is -0.700. The zero-order valence-corrected chi connectivity index (χ0v) is 14.9. The molecule has 2 aromatic carbocycles. The van der Waals surface area contributed by atoms with Crippen LogP contribution in [0.4, 0.5) is 5.69 Å². The molecule has 2 aromatic rings. The van der Waals surface area contributed by atoms with Crippen LogP contribution in [-0.2, 0) is 0 Å². The molecule has 0 spiro atoms. The summed E-state index contributed by atoms with van der Waals surface area (Å²) in [5.74, 6) is 0.733. The Morgan fingerprint density at radius 3 is 2.28 bits per heavy atom. The number of benzene rings is 2. The fraction of sp³-hybridized carbons (Fsp3) is 0.368. The van der Waals surface area contributed by atoms with Crippen molar-refractivity contribution in [3.63, 3.8) is 0 Å². The molecule has 0 radical (unpaired) electrons. The van der Waals surface area contributed by atoms with E-state index in [0.29, 0.717) is 5.56 Å². The number of rotatable bonds is 7. The van der Waals surface area contributed by atoms with E-state index in [1.807, 2.05) is 32.0 Å². The standard InChI is InChI=1S/C19H24N2O4/c1-12-5-6-16(11-18(12)21(23)24)13(2)20-14(3)19(22)15-7-9-17(25-4)10-8-15/h5-11,13-14,19-20,22H,1-4H3.